The fourth-order valence-corrected chi connectivity index (χ4v) is 5.49. The minimum absolute atomic E-state index is 0. The molecule has 0 amide bonds. The van der Waals surface area contributed by atoms with E-state index in [0.29, 0.717) is 10.8 Å². The Kier molecular flexibility index (Phi) is 3.28. The molecule has 4 fully saturated rings. The van der Waals surface area contributed by atoms with Gasteiger partial charge in [0.1, 0.15) is 0 Å². The van der Waals surface area contributed by atoms with Crippen molar-refractivity contribution in [3.05, 3.63) is 0 Å². The highest BCUT2D eigenvalue weighted by molar-refractivity contribution is 5.85. The zero-order valence-electron chi connectivity index (χ0n) is 10.1. The van der Waals surface area contributed by atoms with Crippen LogP contribution in [0.3, 0.4) is 0 Å². The van der Waals surface area contributed by atoms with Crippen molar-refractivity contribution in [3.8, 4) is 0 Å². The Bertz CT molecular complexity index is 253. The molecule has 4 rings (SSSR count). The van der Waals surface area contributed by atoms with E-state index in [9.17, 15) is 0 Å². The molecular weight excluding hydrogens is 220 g/mol. The molecule has 0 spiro atoms. The summed E-state index contributed by atoms with van der Waals surface area (Å²) in [7, 11) is 0. The summed E-state index contributed by atoms with van der Waals surface area (Å²) in [4.78, 5) is 0. The zero-order valence-corrected chi connectivity index (χ0v) is 10.9. The summed E-state index contributed by atoms with van der Waals surface area (Å²) in [5, 5.41) is 0. The van der Waals surface area contributed by atoms with E-state index < -0.39 is 0 Å². The van der Waals surface area contributed by atoms with Gasteiger partial charge >= 0.3 is 0 Å². The quantitative estimate of drug-likeness (QED) is 0.801. The molecule has 3 heteroatoms. The Morgan fingerprint density at radius 1 is 0.938 bits per heavy atom. The van der Waals surface area contributed by atoms with Crippen LogP contribution in [0.5, 0.6) is 0 Å². The average Bonchev–Trinajstić information content (AvgIpc) is 2.15. The second-order valence-electron chi connectivity index (χ2n) is 6.70. The van der Waals surface area contributed by atoms with Gasteiger partial charge in [0.2, 0.25) is 0 Å². The molecule has 0 saturated heterocycles. The molecule has 2 unspecified atom stereocenters. The summed E-state index contributed by atoms with van der Waals surface area (Å²) in [6.45, 7) is 1.80. The number of rotatable bonds is 3. The lowest BCUT2D eigenvalue weighted by atomic mass is 9.43. The molecule has 4 N–H and O–H groups in total. The maximum absolute atomic E-state index is 6.05. The molecule has 16 heavy (non-hydrogen) atoms. The van der Waals surface area contributed by atoms with Crippen LogP contribution in [0.15, 0.2) is 0 Å². The summed E-state index contributed by atoms with van der Waals surface area (Å²) in [5.41, 5.74) is 13.0. The molecular formula is C13H25ClN2. The summed E-state index contributed by atoms with van der Waals surface area (Å²) in [6, 6.07) is 0. The molecule has 0 aromatic heterocycles. The zero-order chi connectivity index (χ0) is 10.5. The highest BCUT2D eigenvalue weighted by atomic mass is 35.5. The van der Waals surface area contributed by atoms with Crippen LogP contribution in [0.2, 0.25) is 0 Å². The fraction of sp³-hybridized carbons (Fsp3) is 1.00. The van der Waals surface area contributed by atoms with E-state index in [0.717, 1.165) is 24.9 Å². The number of hydrogen-bond donors (Lipinski definition) is 2. The summed E-state index contributed by atoms with van der Waals surface area (Å²) in [6.07, 6.45) is 9.90. The van der Waals surface area contributed by atoms with Gasteiger partial charge in [-0.15, -0.1) is 12.4 Å². The van der Waals surface area contributed by atoms with Crippen molar-refractivity contribution < 1.29 is 0 Å². The van der Waals surface area contributed by atoms with Crippen LogP contribution >= 0.6 is 12.4 Å². The summed E-state index contributed by atoms with van der Waals surface area (Å²) in [5.74, 6) is 1.97. The predicted octanol–water partition coefficient (Wildman–Crippen LogP) is 2.30. The van der Waals surface area contributed by atoms with Crippen LogP contribution < -0.4 is 11.5 Å². The lowest BCUT2D eigenvalue weighted by Gasteiger charge is -2.62. The van der Waals surface area contributed by atoms with Crippen LogP contribution in [0.25, 0.3) is 0 Å². The first-order chi connectivity index (χ1) is 7.19. The third kappa shape index (κ3) is 1.79. The van der Waals surface area contributed by atoms with Gasteiger partial charge in [0.05, 0.1) is 0 Å². The van der Waals surface area contributed by atoms with Crippen LogP contribution in [-0.4, -0.2) is 13.1 Å². The average molecular weight is 245 g/mol. The van der Waals surface area contributed by atoms with E-state index >= 15 is 0 Å². The molecule has 0 heterocycles. The van der Waals surface area contributed by atoms with Gasteiger partial charge in [-0.05, 0) is 80.7 Å². The van der Waals surface area contributed by atoms with Crippen LogP contribution in [0.1, 0.15) is 44.9 Å². The number of halogens is 1. The van der Waals surface area contributed by atoms with Crippen molar-refractivity contribution in [3.63, 3.8) is 0 Å². The molecule has 4 aliphatic carbocycles. The van der Waals surface area contributed by atoms with Crippen molar-refractivity contribution in [2.24, 2.45) is 34.1 Å². The summed E-state index contributed by atoms with van der Waals surface area (Å²) >= 11 is 0. The Morgan fingerprint density at radius 2 is 1.50 bits per heavy atom. The van der Waals surface area contributed by atoms with E-state index in [1.165, 1.54) is 44.9 Å². The third-order valence-corrected chi connectivity index (χ3v) is 5.41. The lowest BCUT2D eigenvalue weighted by Crippen LogP contribution is -2.54. The van der Waals surface area contributed by atoms with Gasteiger partial charge in [-0.1, -0.05) is 0 Å². The number of nitrogens with two attached hydrogens (primary N) is 2. The molecule has 0 aromatic rings. The van der Waals surface area contributed by atoms with Crippen LogP contribution in [0.4, 0.5) is 0 Å². The minimum atomic E-state index is 0. The number of hydrogen-bond acceptors (Lipinski definition) is 2. The molecule has 0 radical (unpaired) electrons. The van der Waals surface area contributed by atoms with Crippen LogP contribution in [0, 0.1) is 22.7 Å². The monoisotopic (exact) mass is 244 g/mol. The maximum Gasteiger partial charge on any atom is -0.00201 e. The van der Waals surface area contributed by atoms with Crippen molar-refractivity contribution in [2.45, 2.75) is 44.9 Å². The van der Waals surface area contributed by atoms with E-state index in [-0.39, 0.29) is 12.4 Å². The largest absolute Gasteiger partial charge is 0.330 e. The van der Waals surface area contributed by atoms with E-state index in [1.807, 2.05) is 0 Å². The Balaban J connectivity index is 0.000000963. The Hall–Kier alpha value is 0.210. The van der Waals surface area contributed by atoms with Crippen molar-refractivity contribution in [1.82, 2.24) is 0 Å². The molecule has 0 aliphatic heterocycles. The first-order valence-electron chi connectivity index (χ1n) is 6.59. The lowest BCUT2D eigenvalue weighted by molar-refractivity contribution is -0.108. The fourth-order valence-electron chi connectivity index (χ4n) is 5.49. The van der Waals surface area contributed by atoms with Gasteiger partial charge in [-0.25, -0.2) is 0 Å². The predicted molar refractivity (Wildman–Crippen MR) is 69.5 cm³/mol. The van der Waals surface area contributed by atoms with Gasteiger partial charge in [0.15, 0.2) is 0 Å². The molecule has 4 aliphatic rings. The first-order valence-corrected chi connectivity index (χ1v) is 6.59. The molecule has 2 nitrogen and oxygen atoms in total. The molecule has 0 aromatic carbocycles. The second-order valence-corrected chi connectivity index (χ2v) is 6.70. The normalized spacial score (nSPS) is 49.1. The molecule has 4 bridgehead atoms. The highest BCUT2D eigenvalue weighted by Crippen LogP contribution is 2.65. The minimum Gasteiger partial charge on any atom is -0.330 e. The third-order valence-electron chi connectivity index (χ3n) is 5.41. The van der Waals surface area contributed by atoms with E-state index in [1.54, 1.807) is 0 Å². The Labute approximate surface area is 105 Å². The van der Waals surface area contributed by atoms with Crippen molar-refractivity contribution in [2.75, 3.05) is 13.1 Å². The van der Waals surface area contributed by atoms with E-state index in [4.69, 9.17) is 11.5 Å². The standard InChI is InChI=1S/C13H24N2.ClH/c14-2-1-12-4-10-3-11(5-12)7-13(6-10,8-12)9-15;/h10-11H,1-9,14-15H2;1H. The highest BCUT2D eigenvalue weighted by Gasteiger charge is 2.56. The van der Waals surface area contributed by atoms with Gasteiger partial charge in [0.25, 0.3) is 0 Å². The second kappa shape index (κ2) is 4.15. The molecule has 94 valence electrons. The van der Waals surface area contributed by atoms with Crippen molar-refractivity contribution in [1.29, 1.82) is 0 Å². The topological polar surface area (TPSA) is 52.0 Å². The Morgan fingerprint density at radius 3 is 2.00 bits per heavy atom. The SMILES string of the molecule is Cl.NCCC12CC3CC(CC(CN)(C3)C1)C2. The van der Waals surface area contributed by atoms with Crippen LogP contribution in [-0.2, 0) is 0 Å². The van der Waals surface area contributed by atoms with Crippen molar-refractivity contribution >= 4 is 12.4 Å². The smallest absolute Gasteiger partial charge is 0.00201 e. The van der Waals surface area contributed by atoms with Gasteiger partial charge < -0.3 is 11.5 Å². The van der Waals surface area contributed by atoms with Gasteiger partial charge in [-0.3, -0.25) is 0 Å². The summed E-state index contributed by atoms with van der Waals surface area (Å²) < 4.78 is 0. The maximum atomic E-state index is 6.05. The van der Waals surface area contributed by atoms with E-state index in [2.05, 4.69) is 0 Å². The van der Waals surface area contributed by atoms with Gasteiger partial charge in [-0.2, -0.15) is 0 Å². The molecule has 2 atom stereocenters. The van der Waals surface area contributed by atoms with Gasteiger partial charge in [0, 0.05) is 0 Å². The molecule has 4 saturated carbocycles. The first kappa shape index (κ1) is 12.7.